The van der Waals surface area contributed by atoms with Crippen LogP contribution in [0.3, 0.4) is 0 Å². The molecular weight excluding hydrogens is 698 g/mol. The van der Waals surface area contributed by atoms with Crippen LogP contribution in [0, 0.1) is 0 Å². The smallest absolute Gasteiger partial charge is 0 e. The molecule has 0 saturated carbocycles. The van der Waals surface area contributed by atoms with Crippen LogP contribution in [0.4, 0.5) is 0 Å². The van der Waals surface area contributed by atoms with Gasteiger partial charge in [-0.3, -0.25) is 0 Å². The van der Waals surface area contributed by atoms with Crippen molar-refractivity contribution >= 4 is 44.7 Å². The van der Waals surface area contributed by atoms with E-state index in [2.05, 4.69) is 217 Å². The van der Waals surface area contributed by atoms with Gasteiger partial charge in [0.15, 0.2) is 0 Å². The summed E-state index contributed by atoms with van der Waals surface area (Å²) in [6.07, 6.45) is 2.53. The first-order valence-electron chi connectivity index (χ1n) is 18.0. The Labute approximate surface area is 320 Å². The molecule has 4 heteroatoms. The third kappa shape index (κ3) is 10.3. The first kappa shape index (κ1) is 42.4. The van der Waals surface area contributed by atoms with Crippen molar-refractivity contribution in [3.8, 4) is 0 Å². The van der Waals surface area contributed by atoms with Crippen molar-refractivity contribution in [2.24, 2.45) is 0 Å². The molecule has 5 aromatic rings. The first-order valence-corrected chi connectivity index (χ1v) is 23.1. The Bertz CT molecular complexity index is 1500. The fourth-order valence-corrected chi connectivity index (χ4v) is 19.8. The molecule has 0 amide bonds. The standard InChI is InChI=1S/C23H43P2.C23H19Si.Fe/c1-20(2,3)24(21(4,5)6)16-18-14-13-15-19(18)17-25(22(7,8)9)23(10,11)12;1-4-12-20(13-5-1)24(23-18-10-11-19-23,21-14-6-2-7-15-21)22-16-8-3-9-17-22;/h13-15H,16-17H2,1-12H3;1-19H;/q-1;-5;. The van der Waals surface area contributed by atoms with E-state index in [-0.39, 0.29) is 32.9 Å². The van der Waals surface area contributed by atoms with Crippen molar-refractivity contribution in [3.05, 3.63) is 145 Å². The van der Waals surface area contributed by atoms with E-state index in [0.29, 0.717) is 20.6 Å². The number of hydrogen-bond donors (Lipinski definition) is 0. The van der Waals surface area contributed by atoms with Gasteiger partial charge in [-0.05, 0) is 34.9 Å². The normalized spacial score (nSPS) is 12.8. The maximum atomic E-state index is 2.43. The van der Waals surface area contributed by atoms with E-state index in [1.54, 1.807) is 11.1 Å². The summed E-state index contributed by atoms with van der Waals surface area (Å²) in [4.78, 5) is 0. The van der Waals surface area contributed by atoms with E-state index in [1.165, 1.54) is 33.1 Å². The zero-order chi connectivity index (χ0) is 36.1. The topological polar surface area (TPSA) is 0 Å². The molecule has 0 atom stereocenters. The molecule has 0 aliphatic carbocycles. The average molecular weight is 761 g/mol. The molecule has 0 N–H and O–H groups in total. The van der Waals surface area contributed by atoms with Crippen molar-refractivity contribution in [1.29, 1.82) is 0 Å². The zero-order valence-electron chi connectivity index (χ0n) is 32.9. The summed E-state index contributed by atoms with van der Waals surface area (Å²) in [5.41, 5.74) is 3.24. The third-order valence-electron chi connectivity index (χ3n) is 9.62. The van der Waals surface area contributed by atoms with Crippen LogP contribution in [0.2, 0.25) is 0 Å². The summed E-state index contributed by atoms with van der Waals surface area (Å²) in [5, 5.41) is 7.27. The van der Waals surface area contributed by atoms with Crippen molar-refractivity contribution in [3.63, 3.8) is 0 Å². The van der Waals surface area contributed by atoms with Crippen LogP contribution in [0.15, 0.2) is 133 Å². The molecule has 0 unspecified atom stereocenters. The van der Waals surface area contributed by atoms with Crippen molar-refractivity contribution in [2.75, 3.05) is 0 Å². The summed E-state index contributed by atoms with van der Waals surface area (Å²) < 4.78 is 0. The SMILES string of the molecule is CC(C)(C)P(Cc1ccc[c-]1CP(C(C)(C)C)C(C)(C)C)C(C)(C)C.[Fe].c1ccc([Si](c2ccccc2)(c2ccccc2)[c-]2[cH-][cH-][cH-][cH-]2)cc1. The fourth-order valence-electron chi connectivity index (χ4n) is 7.79. The quantitative estimate of drug-likeness (QED) is 0.0640. The molecule has 50 heavy (non-hydrogen) atoms. The molecule has 0 radical (unpaired) electrons. The Morgan fingerprint density at radius 2 is 0.860 bits per heavy atom. The van der Waals surface area contributed by atoms with Crippen LogP contribution < -0.4 is 20.7 Å². The molecule has 5 rings (SSSR count). The molecule has 0 aliphatic rings. The van der Waals surface area contributed by atoms with E-state index < -0.39 is 8.07 Å². The largest absolute Gasteiger partial charge is 0.748 e. The van der Waals surface area contributed by atoms with Crippen molar-refractivity contribution < 1.29 is 17.1 Å². The minimum Gasteiger partial charge on any atom is -0.748 e. The van der Waals surface area contributed by atoms with E-state index >= 15 is 0 Å². The summed E-state index contributed by atoms with van der Waals surface area (Å²) in [7, 11) is -2.41. The van der Waals surface area contributed by atoms with Crippen LogP contribution in [-0.2, 0) is 29.4 Å². The average Bonchev–Trinajstić information content (AvgIpc) is 3.72. The van der Waals surface area contributed by atoms with Crippen LogP contribution in [0.25, 0.3) is 0 Å². The van der Waals surface area contributed by atoms with E-state index in [1.807, 2.05) is 0 Å². The van der Waals surface area contributed by atoms with Gasteiger partial charge in [0.05, 0.1) is 0 Å². The summed E-state index contributed by atoms with van der Waals surface area (Å²) in [5.74, 6) is 0. The van der Waals surface area contributed by atoms with Crippen LogP contribution in [0.5, 0.6) is 0 Å². The zero-order valence-corrected chi connectivity index (χ0v) is 36.8. The van der Waals surface area contributed by atoms with Gasteiger partial charge in [0.25, 0.3) is 0 Å². The number of benzene rings is 3. The van der Waals surface area contributed by atoms with E-state index in [4.69, 9.17) is 0 Å². The Hall–Kier alpha value is -2.04. The van der Waals surface area contributed by atoms with Gasteiger partial charge >= 0.3 is 0 Å². The summed E-state index contributed by atoms with van der Waals surface area (Å²) in [6, 6.07) is 49.0. The van der Waals surface area contributed by atoms with Gasteiger partial charge in [0.2, 0.25) is 0 Å². The molecule has 0 heterocycles. The molecule has 0 bridgehead atoms. The predicted octanol–water partition coefficient (Wildman–Crippen LogP) is 11.3. The van der Waals surface area contributed by atoms with Gasteiger partial charge in [-0.1, -0.05) is 204 Å². The molecule has 5 aromatic carbocycles. The summed E-state index contributed by atoms with van der Waals surface area (Å²) in [6.45, 7) is 29.2. The van der Waals surface area contributed by atoms with Crippen LogP contribution >= 0.6 is 15.8 Å². The Morgan fingerprint density at radius 3 is 1.20 bits per heavy atom. The minimum atomic E-state index is -2.25. The number of hydrogen-bond acceptors (Lipinski definition) is 0. The van der Waals surface area contributed by atoms with Crippen LogP contribution in [0.1, 0.15) is 94.2 Å². The van der Waals surface area contributed by atoms with E-state index in [9.17, 15) is 0 Å². The van der Waals surface area contributed by atoms with Gasteiger partial charge in [0.1, 0.15) is 0 Å². The number of rotatable bonds is 8. The van der Waals surface area contributed by atoms with Gasteiger partial charge in [-0.2, -0.15) is 11.6 Å². The Kier molecular flexibility index (Phi) is 14.6. The van der Waals surface area contributed by atoms with Crippen molar-refractivity contribution in [2.45, 2.75) is 116 Å². The monoisotopic (exact) mass is 760 g/mol. The molecule has 0 spiro atoms. The van der Waals surface area contributed by atoms with E-state index in [0.717, 1.165) is 0 Å². The molecule has 0 nitrogen and oxygen atoms in total. The molecule has 0 saturated heterocycles. The molecular formula is C46H62FeP2Si-6. The first-order chi connectivity index (χ1) is 22.9. The maximum Gasteiger partial charge on any atom is 0 e. The Balaban J connectivity index is 0.000000265. The van der Waals surface area contributed by atoms with Gasteiger partial charge in [-0.15, -0.1) is 13.5 Å². The molecule has 0 aromatic heterocycles. The van der Waals surface area contributed by atoms with Crippen molar-refractivity contribution in [1.82, 2.24) is 0 Å². The second-order valence-corrected chi connectivity index (χ2v) is 29.0. The maximum absolute atomic E-state index is 2.43. The fraction of sp³-hybridized carbons (Fsp3) is 0.391. The Morgan fingerprint density at radius 1 is 0.500 bits per heavy atom. The molecule has 0 aliphatic heterocycles. The second kappa shape index (κ2) is 17.2. The van der Waals surface area contributed by atoms with Gasteiger partial charge in [-0.25, -0.2) is 12.1 Å². The molecule has 274 valence electrons. The summed E-state index contributed by atoms with van der Waals surface area (Å²) >= 11 is 0. The molecule has 0 fully saturated rings. The second-order valence-electron chi connectivity index (χ2n) is 17.5. The predicted molar refractivity (Wildman–Crippen MR) is 228 cm³/mol. The third-order valence-corrected chi connectivity index (χ3v) is 22.2. The van der Waals surface area contributed by atoms with Gasteiger partial charge < -0.3 is 29.5 Å². The van der Waals surface area contributed by atoms with Crippen LogP contribution in [-0.4, -0.2) is 28.7 Å². The van der Waals surface area contributed by atoms with Gasteiger partial charge in [0, 0.05) is 17.1 Å². The minimum absolute atomic E-state index is 0.